The Morgan fingerprint density at radius 2 is 1.54 bits per heavy atom. The number of halogens is 1. The van der Waals surface area contributed by atoms with Gasteiger partial charge in [0.25, 0.3) is 0 Å². The summed E-state index contributed by atoms with van der Waals surface area (Å²) in [4.78, 5) is 13.2. The van der Waals surface area contributed by atoms with Crippen LogP contribution in [0.1, 0.15) is 17.5 Å². The molecule has 0 aromatic heterocycles. The van der Waals surface area contributed by atoms with Crippen LogP contribution in [0, 0.1) is 0 Å². The van der Waals surface area contributed by atoms with Crippen LogP contribution in [0.4, 0.5) is 0 Å². The second kappa shape index (κ2) is 7.96. The van der Waals surface area contributed by atoms with Gasteiger partial charge in [-0.1, -0.05) is 71.9 Å². The molecule has 0 fully saturated rings. The topological polar surface area (TPSA) is 57.5 Å². The summed E-state index contributed by atoms with van der Waals surface area (Å²) in [7, 11) is 0. The van der Waals surface area contributed by atoms with E-state index in [4.69, 9.17) is 11.6 Å². The smallest absolute Gasteiger partial charge is 0.307 e. The summed E-state index contributed by atoms with van der Waals surface area (Å²) in [5.41, 5.74) is -0.511. The van der Waals surface area contributed by atoms with Crippen LogP contribution in [0.3, 0.4) is 0 Å². The van der Waals surface area contributed by atoms with Crippen molar-refractivity contribution in [1.29, 1.82) is 0 Å². The maximum Gasteiger partial charge on any atom is 0.307 e. The molecular weight excluding hydrogens is 368 g/mol. The second-order valence-electron chi connectivity index (χ2n) is 5.85. The third kappa shape index (κ3) is 4.10. The summed E-state index contributed by atoms with van der Waals surface area (Å²) in [6.07, 6.45) is -0.421. The van der Waals surface area contributed by atoms with Gasteiger partial charge in [0.1, 0.15) is 5.60 Å². The molecule has 0 saturated carbocycles. The SMILES string of the molecule is O=C(O)CC(O)(c1ccccc1)c1ccccc1Sc1ccc(Cl)cc1. The van der Waals surface area contributed by atoms with Crippen molar-refractivity contribution in [3.8, 4) is 0 Å². The monoisotopic (exact) mass is 384 g/mol. The maximum atomic E-state index is 11.5. The van der Waals surface area contributed by atoms with E-state index in [2.05, 4.69) is 0 Å². The Morgan fingerprint density at radius 1 is 0.923 bits per heavy atom. The molecule has 1 unspecified atom stereocenters. The summed E-state index contributed by atoms with van der Waals surface area (Å²) < 4.78 is 0. The number of carbonyl (C=O) groups is 1. The zero-order valence-electron chi connectivity index (χ0n) is 13.8. The number of aliphatic hydroxyl groups is 1. The Balaban J connectivity index is 2.07. The number of hydrogen-bond acceptors (Lipinski definition) is 3. The summed E-state index contributed by atoms with van der Waals surface area (Å²) in [5.74, 6) is -1.07. The Bertz CT molecular complexity index is 897. The predicted molar refractivity (Wildman–Crippen MR) is 104 cm³/mol. The molecule has 0 saturated heterocycles. The lowest BCUT2D eigenvalue weighted by Gasteiger charge is -2.29. The van der Waals surface area contributed by atoms with Crippen LogP contribution in [0.15, 0.2) is 88.7 Å². The summed E-state index contributed by atoms with van der Waals surface area (Å²) in [6.45, 7) is 0. The average Bonchev–Trinajstić information content (AvgIpc) is 2.64. The third-order valence-corrected chi connectivity index (χ3v) is 5.37. The standard InChI is InChI=1S/C21H17ClO3S/c22-16-10-12-17(13-11-16)26-19-9-5-4-8-18(19)21(25,14-20(23)24)15-6-2-1-3-7-15/h1-13,25H,14H2,(H,23,24). The zero-order chi connectivity index (χ0) is 18.6. The lowest BCUT2D eigenvalue weighted by atomic mass is 9.83. The minimum atomic E-state index is -1.62. The van der Waals surface area contributed by atoms with Crippen molar-refractivity contribution >= 4 is 29.3 Å². The van der Waals surface area contributed by atoms with Crippen LogP contribution < -0.4 is 0 Å². The van der Waals surface area contributed by atoms with Crippen LogP contribution >= 0.6 is 23.4 Å². The minimum absolute atomic E-state index is 0.421. The van der Waals surface area contributed by atoms with Crippen molar-refractivity contribution in [3.63, 3.8) is 0 Å². The first kappa shape index (κ1) is 18.5. The first-order valence-electron chi connectivity index (χ1n) is 8.02. The molecule has 26 heavy (non-hydrogen) atoms. The highest BCUT2D eigenvalue weighted by molar-refractivity contribution is 7.99. The first-order chi connectivity index (χ1) is 12.5. The lowest BCUT2D eigenvalue weighted by molar-refractivity contribution is -0.141. The molecule has 1 atom stereocenters. The summed E-state index contributed by atoms with van der Waals surface area (Å²) >= 11 is 7.40. The molecule has 2 N–H and O–H groups in total. The van der Waals surface area contributed by atoms with E-state index in [1.54, 1.807) is 48.5 Å². The van der Waals surface area contributed by atoms with Gasteiger partial charge in [0, 0.05) is 20.4 Å². The van der Waals surface area contributed by atoms with Crippen molar-refractivity contribution in [2.45, 2.75) is 21.8 Å². The van der Waals surface area contributed by atoms with Crippen LogP contribution in [0.2, 0.25) is 5.02 Å². The van der Waals surface area contributed by atoms with Gasteiger partial charge < -0.3 is 10.2 Å². The predicted octanol–water partition coefficient (Wildman–Crippen LogP) is 5.20. The fraction of sp³-hybridized carbons (Fsp3) is 0.0952. The lowest BCUT2D eigenvalue weighted by Crippen LogP contribution is -2.31. The molecule has 0 bridgehead atoms. The fourth-order valence-corrected chi connectivity index (χ4v) is 3.96. The van der Waals surface area contributed by atoms with Crippen LogP contribution in [0.25, 0.3) is 0 Å². The molecule has 0 aliphatic heterocycles. The van der Waals surface area contributed by atoms with E-state index in [-0.39, 0.29) is 0 Å². The molecule has 3 aromatic rings. The normalized spacial score (nSPS) is 13.2. The number of carboxylic acids is 1. The zero-order valence-corrected chi connectivity index (χ0v) is 15.4. The molecule has 3 rings (SSSR count). The van der Waals surface area contributed by atoms with Crippen molar-refractivity contribution < 1.29 is 15.0 Å². The Morgan fingerprint density at radius 3 is 2.19 bits per heavy atom. The number of hydrogen-bond donors (Lipinski definition) is 2. The molecule has 132 valence electrons. The van der Waals surface area contributed by atoms with E-state index < -0.39 is 18.0 Å². The van der Waals surface area contributed by atoms with E-state index in [1.807, 2.05) is 30.3 Å². The highest BCUT2D eigenvalue weighted by Gasteiger charge is 2.36. The largest absolute Gasteiger partial charge is 0.481 e. The quantitative estimate of drug-likeness (QED) is 0.613. The van der Waals surface area contributed by atoms with Gasteiger partial charge in [0.05, 0.1) is 6.42 Å². The van der Waals surface area contributed by atoms with E-state index >= 15 is 0 Å². The molecule has 5 heteroatoms. The maximum absolute atomic E-state index is 11.5. The van der Waals surface area contributed by atoms with E-state index in [1.165, 1.54) is 11.8 Å². The van der Waals surface area contributed by atoms with E-state index in [9.17, 15) is 15.0 Å². The Hall–Kier alpha value is -2.27. The van der Waals surface area contributed by atoms with Crippen LogP contribution in [-0.2, 0) is 10.4 Å². The van der Waals surface area contributed by atoms with Gasteiger partial charge in [-0.05, 0) is 35.9 Å². The molecular formula is C21H17ClO3S. The first-order valence-corrected chi connectivity index (χ1v) is 9.21. The van der Waals surface area contributed by atoms with Crippen molar-refractivity contribution in [2.24, 2.45) is 0 Å². The van der Waals surface area contributed by atoms with Crippen molar-refractivity contribution in [1.82, 2.24) is 0 Å². The molecule has 0 aliphatic carbocycles. The Labute approximate surface area is 161 Å². The average molecular weight is 385 g/mol. The van der Waals surface area contributed by atoms with Crippen molar-refractivity contribution in [3.05, 3.63) is 95.0 Å². The second-order valence-corrected chi connectivity index (χ2v) is 7.40. The van der Waals surface area contributed by atoms with E-state index in [0.717, 1.165) is 9.79 Å². The van der Waals surface area contributed by atoms with Gasteiger partial charge in [-0.15, -0.1) is 0 Å². The highest BCUT2D eigenvalue weighted by Crippen LogP contribution is 2.41. The van der Waals surface area contributed by atoms with Crippen molar-refractivity contribution in [2.75, 3.05) is 0 Å². The summed E-state index contributed by atoms with van der Waals surface area (Å²) in [6, 6.07) is 23.6. The van der Waals surface area contributed by atoms with Gasteiger partial charge in [-0.3, -0.25) is 4.79 Å². The van der Waals surface area contributed by atoms with E-state index in [0.29, 0.717) is 16.1 Å². The van der Waals surface area contributed by atoms with Crippen LogP contribution in [0.5, 0.6) is 0 Å². The number of carboxylic acid groups (broad SMARTS) is 1. The fourth-order valence-electron chi connectivity index (χ4n) is 2.81. The molecule has 0 radical (unpaired) electrons. The number of rotatable bonds is 6. The van der Waals surface area contributed by atoms with Gasteiger partial charge >= 0.3 is 5.97 Å². The number of benzene rings is 3. The van der Waals surface area contributed by atoms with Gasteiger partial charge in [-0.2, -0.15) is 0 Å². The van der Waals surface area contributed by atoms with Gasteiger partial charge in [0.15, 0.2) is 0 Å². The Kier molecular flexibility index (Phi) is 5.67. The summed E-state index contributed by atoms with van der Waals surface area (Å²) in [5, 5.41) is 21.5. The minimum Gasteiger partial charge on any atom is -0.481 e. The van der Waals surface area contributed by atoms with Gasteiger partial charge in [0.2, 0.25) is 0 Å². The molecule has 3 aromatic carbocycles. The van der Waals surface area contributed by atoms with Gasteiger partial charge in [-0.25, -0.2) is 0 Å². The number of aliphatic carboxylic acids is 1. The molecule has 0 spiro atoms. The highest BCUT2D eigenvalue weighted by atomic mass is 35.5. The third-order valence-electron chi connectivity index (χ3n) is 4.03. The molecule has 0 heterocycles. The molecule has 3 nitrogen and oxygen atoms in total. The molecule has 0 aliphatic rings. The van der Waals surface area contributed by atoms with Crippen LogP contribution in [-0.4, -0.2) is 16.2 Å². The molecule has 0 amide bonds.